The Labute approximate surface area is 238 Å². The second-order valence-corrected chi connectivity index (χ2v) is 10.3. The van der Waals surface area contributed by atoms with Crippen LogP contribution in [0.5, 0.6) is 0 Å². The largest absolute Gasteiger partial charge is 0.394 e. The van der Waals surface area contributed by atoms with Crippen LogP contribution in [-0.4, -0.2) is 198 Å². The minimum Gasteiger partial charge on any atom is -0.394 e. The summed E-state index contributed by atoms with van der Waals surface area (Å²) in [5, 5.41) is 122. The Hall–Kier alpha value is -1.05. The number of carbonyl (C=O) groups is 1. The predicted molar refractivity (Wildman–Crippen MR) is 128 cm³/mol. The predicted octanol–water partition coefficient (Wildman–Crippen LogP) is -8.24. The van der Waals surface area contributed by atoms with Crippen molar-refractivity contribution in [1.82, 2.24) is 0 Å². The normalized spacial score (nSPS) is 47.0. The number of aliphatic hydroxyl groups is 12. The Bertz CT molecular complexity index is 836. The first-order valence-electron chi connectivity index (χ1n) is 13.1. The monoisotopic (exact) mass is 620 g/mol. The SMILES string of the molecule is C[C@@H]1O[C@@H](O[C@H]([C@H](O)CO)[C@@H](O)C=O)[C@H](O)[C@H](O[C@H]2O[C@H](CO)[C@@H](O)[C@H](O[C@H]3O[C@H](CO)[C@H](O)[C@H](O)[C@H]3O)[C@H]2O)[C@H]1O. The molecular weight excluding hydrogens is 580 g/mol. The maximum absolute atomic E-state index is 11.1. The van der Waals surface area contributed by atoms with Gasteiger partial charge < -0.3 is 94.5 Å². The van der Waals surface area contributed by atoms with E-state index in [0.717, 1.165) is 0 Å². The molecular formula is C23H40O19. The van der Waals surface area contributed by atoms with Crippen molar-refractivity contribution in [3.63, 3.8) is 0 Å². The second-order valence-electron chi connectivity index (χ2n) is 10.3. The van der Waals surface area contributed by atoms with Crippen molar-refractivity contribution in [2.75, 3.05) is 19.8 Å². The van der Waals surface area contributed by atoms with Crippen LogP contribution in [0, 0.1) is 0 Å². The molecule has 0 bridgehead atoms. The third-order valence-corrected chi connectivity index (χ3v) is 7.37. The zero-order valence-electron chi connectivity index (χ0n) is 22.3. The maximum Gasteiger partial charge on any atom is 0.187 e. The van der Waals surface area contributed by atoms with E-state index in [1.165, 1.54) is 6.92 Å². The van der Waals surface area contributed by atoms with Crippen molar-refractivity contribution >= 4 is 6.29 Å². The second kappa shape index (κ2) is 15.3. The third-order valence-electron chi connectivity index (χ3n) is 7.37. The van der Waals surface area contributed by atoms with Gasteiger partial charge in [0.25, 0.3) is 0 Å². The molecule has 0 spiro atoms. The first kappa shape index (κ1) is 35.4. The van der Waals surface area contributed by atoms with Crippen LogP contribution in [0.25, 0.3) is 0 Å². The van der Waals surface area contributed by atoms with E-state index in [9.17, 15) is 66.1 Å². The number of ether oxygens (including phenoxy) is 6. The minimum absolute atomic E-state index is 0.00709. The van der Waals surface area contributed by atoms with Gasteiger partial charge >= 0.3 is 0 Å². The van der Waals surface area contributed by atoms with Gasteiger partial charge in [-0.15, -0.1) is 0 Å². The van der Waals surface area contributed by atoms with Crippen molar-refractivity contribution in [1.29, 1.82) is 0 Å². The lowest BCUT2D eigenvalue weighted by atomic mass is 9.96. The quantitative estimate of drug-likeness (QED) is 0.0901. The molecule has 246 valence electrons. The van der Waals surface area contributed by atoms with Crippen LogP contribution in [0.15, 0.2) is 0 Å². The fourth-order valence-electron chi connectivity index (χ4n) is 4.82. The topological polar surface area (TPSA) is 315 Å². The van der Waals surface area contributed by atoms with Gasteiger partial charge in [0.05, 0.1) is 25.9 Å². The molecule has 0 saturated carbocycles. The molecule has 42 heavy (non-hydrogen) atoms. The molecule has 19 nitrogen and oxygen atoms in total. The molecule has 3 saturated heterocycles. The van der Waals surface area contributed by atoms with Crippen LogP contribution in [-0.2, 0) is 33.2 Å². The zero-order valence-corrected chi connectivity index (χ0v) is 22.3. The van der Waals surface area contributed by atoms with Gasteiger partial charge in [-0.3, -0.25) is 0 Å². The lowest BCUT2D eigenvalue weighted by molar-refractivity contribution is -0.382. The standard InChI is InChI=1S/C23H40O19/c1-6-11(30)19(16(35)22(37-6)40-18(7(28)2-24)8(29)3-25)41-23-17(36)20(13(32)10(5-27)39-23)42-21-15(34)14(33)12(31)9(4-26)38-21/h2,6-23,25-36H,3-5H2,1H3/t6-,7-,8+,9+,10+,11-,12-,13+,14-,15+,16+,17+,18-,19+,20-,21+,22-,23+/m0/s1. The van der Waals surface area contributed by atoms with E-state index in [1.54, 1.807) is 0 Å². The summed E-state index contributed by atoms with van der Waals surface area (Å²) >= 11 is 0. The number of hydrogen-bond acceptors (Lipinski definition) is 19. The minimum atomic E-state index is -1.99. The Balaban J connectivity index is 1.80. The molecule has 3 heterocycles. The summed E-state index contributed by atoms with van der Waals surface area (Å²) in [6.07, 6.45) is -31.5. The molecule has 0 unspecified atom stereocenters. The third kappa shape index (κ3) is 7.42. The van der Waals surface area contributed by atoms with Gasteiger partial charge in [0.15, 0.2) is 25.2 Å². The van der Waals surface area contributed by atoms with E-state index in [-0.39, 0.29) is 6.29 Å². The van der Waals surface area contributed by atoms with Gasteiger partial charge in [0.1, 0.15) is 85.5 Å². The highest BCUT2D eigenvalue weighted by atomic mass is 16.8. The number of aliphatic hydroxyl groups excluding tert-OH is 12. The van der Waals surface area contributed by atoms with Crippen molar-refractivity contribution < 1.29 is 94.5 Å². The highest BCUT2D eigenvalue weighted by Gasteiger charge is 2.54. The zero-order chi connectivity index (χ0) is 31.5. The summed E-state index contributed by atoms with van der Waals surface area (Å²) in [4.78, 5) is 11.1. The van der Waals surface area contributed by atoms with E-state index in [1.807, 2.05) is 0 Å². The summed E-state index contributed by atoms with van der Waals surface area (Å²) in [6, 6.07) is 0. The molecule has 0 aliphatic carbocycles. The molecule has 3 aliphatic heterocycles. The smallest absolute Gasteiger partial charge is 0.187 e. The first-order chi connectivity index (χ1) is 19.8. The van der Waals surface area contributed by atoms with Crippen molar-refractivity contribution in [3.05, 3.63) is 0 Å². The van der Waals surface area contributed by atoms with E-state index < -0.39 is 130 Å². The first-order valence-corrected chi connectivity index (χ1v) is 13.1. The molecule has 18 atom stereocenters. The van der Waals surface area contributed by atoms with E-state index >= 15 is 0 Å². The van der Waals surface area contributed by atoms with Gasteiger partial charge in [0, 0.05) is 0 Å². The Kier molecular flexibility index (Phi) is 12.9. The number of carbonyl (C=O) groups excluding carboxylic acids is 1. The van der Waals surface area contributed by atoms with Gasteiger partial charge in [-0.25, -0.2) is 0 Å². The van der Waals surface area contributed by atoms with Crippen LogP contribution in [0.3, 0.4) is 0 Å². The van der Waals surface area contributed by atoms with Crippen molar-refractivity contribution in [2.24, 2.45) is 0 Å². The van der Waals surface area contributed by atoms with Crippen LogP contribution >= 0.6 is 0 Å². The molecule has 12 N–H and O–H groups in total. The Morgan fingerprint density at radius 1 is 0.667 bits per heavy atom. The summed E-state index contributed by atoms with van der Waals surface area (Å²) in [6.45, 7) is -1.29. The summed E-state index contributed by atoms with van der Waals surface area (Å²) in [5.41, 5.74) is 0. The molecule has 0 amide bonds. The lowest BCUT2D eigenvalue weighted by Gasteiger charge is -2.48. The van der Waals surface area contributed by atoms with Crippen LogP contribution in [0.2, 0.25) is 0 Å². The van der Waals surface area contributed by atoms with Crippen LogP contribution in [0.1, 0.15) is 6.92 Å². The molecule has 3 rings (SSSR count). The highest BCUT2D eigenvalue weighted by Crippen LogP contribution is 2.33. The number of aldehydes is 1. The van der Waals surface area contributed by atoms with Crippen LogP contribution < -0.4 is 0 Å². The van der Waals surface area contributed by atoms with Gasteiger partial charge in [0.2, 0.25) is 0 Å². The highest BCUT2D eigenvalue weighted by molar-refractivity contribution is 5.56. The molecule has 19 heteroatoms. The Morgan fingerprint density at radius 3 is 1.69 bits per heavy atom. The van der Waals surface area contributed by atoms with E-state index in [4.69, 9.17) is 28.4 Å². The number of rotatable bonds is 12. The lowest BCUT2D eigenvalue weighted by Crippen LogP contribution is -2.66. The molecule has 0 radical (unpaired) electrons. The van der Waals surface area contributed by atoms with Crippen molar-refractivity contribution in [2.45, 2.75) is 117 Å². The Morgan fingerprint density at radius 2 is 1.17 bits per heavy atom. The van der Waals surface area contributed by atoms with Gasteiger partial charge in [-0.1, -0.05) is 0 Å². The molecule has 3 aliphatic rings. The number of hydrogen-bond donors (Lipinski definition) is 12. The average Bonchev–Trinajstić information content (AvgIpc) is 2.98. The fourth-order valence-corrected chi connectivity index (χ4v) is 4.82. The molecule has 0 aromatic rings. The van der Waals surface area contributed by atoms with Gasteiger partial charge in [-0.05, 0) is 6.92 Å². The molecule has 0 aromatic heterocycles. The molecule has 3 fully saturated rings. The molecule has 0 aromatic carbocycles. The maximum atomic E-state index is 11.1. The summed E-state index contributed by atoms with van der Waals surface area (Å²) in [7, 11) is 0. The van der Waals surface area contributed by atoms with E-state index in [0.29, 0.717) is 0 Å². The van der Waals surface area contributed by atoms with E-state index in [2.05, 4.69) is 0 Å². The fraction of sp³-hybridized carbons (Fsp3) is 0.957. The average molecular weight is 621 g/mol. The summed E-state index contributed by atoms with van der Waals surface area (Å²) < 4.78 is 32.5. The summed E-state index contributed by atoms with van der Waals surface area (Å²) in [5.74, 6) is 0. The van der Waals surface area contributed by atoms with Crippen LogP contribution in [0.4, 0.5) is 0 Å². The van der Waals surface area contributed by atoms with Crippen molar-refractivity contribution in [3.8, 4) is 0 Å². The van der Waals surface area contributed by atoms with Gasteiger partial charge in [-0.2, -0.15) is 0 Å².